The maximum atomic E-state index is 13.1. The Bertz CT molecular complexity index is 408. The van der Waals surface area contributed by atoms with Gasteiger partial charge in [0.05, 0.1) is 0 Å². The zero-order chi connectivity index (χ0) is 8.55. The molecule has 0 aliphatic rings. The van der Waals surface area contributed by atoms with E-state index in [-0.39, 0.29) is 5.95 Å². The minimum atomic E-state index is -0.260. The van der Waals surface area contributed by atoms with Crippen molar-refractivity contribution in [2.24, 2.45) is 0 Å². The molecule has 0 saturated carbocycles. The molecule has 12 heavy (non-hydrogen) atoms. The van der Waals surface area contributed by atoms with Crippen LogP contribution >= 0.6 is 11.6 Å². The minimum Gasteiger partial charge on any atom is -0.293 e. The summed E-state index contributed by atoms with van der Waals surface area (Å²) in [5.74, 6) is 0.157. The maximum absolute atomic E-state index is 13.1. The normalized spacial score (nSPS) is 10.8. The fraction of sp³-hybridized carbons (Fsp3) is 0.111. The average molecular weight is 184 g/mol. The van der Waals surface area contributed by atoms with Crippen molar-refractivity contribution < 1.29 is 4.39 Å². The van der Waals surface area contributed by atoms with Crippen LogP contribution < -0.4 is 0 Å². The first-order valence-electron chi connectivity index (χ1n) is 3.63. The molecule has 2 aromatic rings. The van der Waals surface area contributed by atoms with E-state index in [1.165, 1.54) is 10.5 Å². The van der Waals surface area contributed by atoms with Crippen LogP contribution in [-0.4, -0.2) is 4.40 Å². The summed E-state index contributed by atoms with van der Waals surface area (Å²) in [7, 11) is 0. The lowest BCUT2D eigenvalue weighted by Crippen LogP contribution is -1.87. The largest absolute Gasteiger partial charge is 0.293 e. The topological polar surface area (TPSA) is 4.41 Å². The van der Waals surface area contributed by atoms with Crippen LogP contribution in [0.4, 0.5) is 4.39 Å². The number of halogens is 2. The van der Waals surface area contributed by atoms with Crippen LogP contribution in [0.5, 0.6) is 0 Å². The van der Waals surface area contributed by atoms with Crippen LogP contribution in [-0.2, 0) is 5.88 Å². The van der Waals surface area contributed by atoms with Gasteiger partial charge in [-0.3, -0.25) is 4.40 Å². The van der Waals surface area contributed by atoms with Gasteiger partial charge in [0.1, 0.15) is 0 Å². The first-order chi connectivity index (χ1) is 5.81. The van der Waals surface area contributed by atoms with Crippen LogP contribution in [0.2, 0.25) is 0 Å². The van der Waals surface area contributed by atoms with Crippen LogP contribution in [0.15, 0.2) is 30.5 Å². The highest BCUT2D eigenvalue weighted by molar-refractivity contribution is 6.17. The molecule has 2 aromatic heterocycles. The fourth-order valence-electron chi connectivity index (χ4n) is 1.23. The molecule has 0 aliphatic carbocycles. The number of hydrogen-bond donors (Lipinski definition) is 0. The van der Waals surface area contributed by atoms with Gasteiger partial charge < -0.3 is 0 Å². The van der Waals surface area contributed by atoms with E-state index in [1.54, 1.807) is 12.3 Å². The standard InChI is InChI=1S/C9H7ClFN/c10-5-7-4-8-2-1-3-9(11)12(8)6-7/h1-4,6H,5H2. The van der Waals surface area contributed by atoms with Crippen molar-refractivity contribution in [2.75, 3.05) is 0 Å². The van der Waals surface area contributed by atoms with Crippen LogP contribution in [0.25, 0.3) is 5.52 Å². The molecule has 0 bridgehead atoms. The highest BCUT2D eigenvalue weighted by atomic mass is 35.5. The molecule has 0 unspecified atom stereocenters. The smallest absolute Gasteiger partial charge is 0.198 e. The molecule has 0 aromatic carbocycles. The van der Waals surface area contributed by atoms with E-state index in [9.17, 15) is 4.39 Å². The predicted molar refractivity (Wildman–Crippen MR) is 46.9 cm³/mol. The number of pyridine rings is 1. The number of fused-ring (bicyclic) bond motifs is 1. The Hall–Kier alpha value is -1.02. The molecule has 0 spiro atoms. The number of alkyl halides is 1. The molecule has 3 heteroatoms. The van der Waals surface area contributed by atoms with E-state index >= 15 is 0 Å². The van der Waals surface area contributed by atoms with Crippen molar-refractivity contribution in [1.29, 1.82) is 0 Å². The summed E-state index contributed by atoms with van der Waals surface area (Å²) in [5.41, 5.74) is 1.77. The van der Waals surface area contributed by atoms with Crippen molar-refractivity contribution in [3.8, 4) is 0 Å². The first-order valence-corrected chi connectivity index (χ1v) is 4.16. The number of aromatic nitrogens is 1. The van der Waals surface area contributed by atoms with Crippen LogP contribution in [0.3, 0.4) is 0 Å². The van der Waals surface area contributed by atoms with Crippen molar-refractivity contribution >= 4 is 17.1 Å². The van der Waals surface area contributed by atoms with Gasteiger partial charge in [-0.15, -0.1) is 11.6 Å². The molecular weight excluding hydrogens is 177 g/mol. The summed E-state index contributed by atoms with van der Waals surface area (Å²) in [6.07, 6.45) is 1.71. The SMILES string of the molecule is Fc1cccc2cc(CCl)cn12. The minimum absolute atomic E-state index is 0.260. The molecule has 0 fully saturated rings. The van der Waals surface area contributed by atoms with Gasteiger partial charge in [0.25, 0.3) is 0 Å². The van der Waals surface area contributed by atoms with Crippen molar-refractivity contribution in [3.63, 3.8) is 0 Å². The summed E-state index contributed by atoms with van der Waals surface area (Å²) < 4.78 is 14.5. The quantitative estimate of drug-likeness (QED) is 0.473. The molecule has 0 aliphatic heterocycles. The van der Waals surface area contributed by atoms with E-state index < -0.39 is 0 Å². The van der Waals surface area contributed by atoms with Crippen molar-refractivity contribution in [2.45, 2.75) is 5.88 Å². The summed E-state index contributed by atoms with van der Waals surface area (Å²) in [6, 6.07) is 6.82. The van der Waals surface area contributed by atoms with Crippen LogP contribution in [0.1, 0.15) is 5.56 Å². The Morgan fingerprint density at radius 3 is 2.92 bits per heavy atom. The second-order valence-electron chi connectivity index (χ2n) is 2.63. The Balaban J connectivity index is 2.74. The summed E-state index contributed by atoms with van der Waals surface area (Å²) >= 11 is 5.61. The molecule has 1 nitrogen and oxygen atoms in total. The second kappa shape index (κ2) is 2.79. The number of rotatable bonds is 1. The lowest BCUT2D eigenvalue weighted by atomic mass is 10.3. The molecule has 0 amide bonds. The molecule has 0 radical (unpaired) electrons. The molecule has 62 valence electrons. The third-order valence-electron chi connectivity index (χ3n) is 1.79. The molecule has 0 N–H and O–H groups in total. The van der Waals surface area contributed by atoms with Gasteiger partial charge in [-0.1, -0.05) is 6.07 Å². The van der Waals surface area contributed by atoms with Gasteiger partial charge in [-0.2, -0.15) is 4.39 Å². The second-order valence-corrected chi connectivity index (χ2v) is 2.89. The lowest BCUT2D eigenvalue weighted by molar-refractivity contribution is 0.568. The van der Waals surface area contributed by atoms with E-state index in [1.807, 2.05) is 12.1 Å². The number of hydrogen-bond acceptors (Lipinski definition) is 0. The van der Waals surface area contributed by atoms with Crippen molar-refractivity contribution in [1.82, 2.24) is 4.40 Å². The Labute approximate surface area is 74.4 Å². The van der Waals surface area contributed by atoms with E-state index in [2.05, 4.69) is 0 Å². The fourth-order valence-corrected chi connectivity index (χ4v) is 1.38. The Kier molecular flexibility index (Phi) is 1.77. The summed E-state index contributed by atoms with van der Waals surface area (Å²) in [6.45, 7) is 0. The number of nitrogens with zero attached hydrogens (tertiary/aromatic N) is 1. The third-order valence-corrected chi connectivity index (χ3v) is 2.10. The monoisotopic (exact) mass is 183 g/mol. The van der Waals surface area contributed by atoms with Gasteiger partial charge in [0.2, 0.25) is 0 Å². The van der Waals surface area contributed by atoms with Gasteiger partial charge in [-0.25, -0.2) is 0 Å². The summed E-state index contributed by atoms with van der Waals surface area (Å²) in [4.78, 5) is 0. The molecule has 0 saturated heterocycles. The third kappa shape index (κ3) is 1.08. The predicted octanol–water partition coefficient (Wildman–Crippen LogP) is 2.82. The van der Waals surface area contributed by atoms with E-state index in [0.29, 0.717) is 5.88 Å². The summed E-state index contributed by atoms with van der Waals surface area (Å²) in [5, 5.41) is 0. The van der Waals surface area contributed by atoms with Gasteiger partial charge in [0.15, 0.2) is 5.95 Å². The highest BCUT2D eigenvalue weighted by Gasteiger charge is 2.00. The van der Waals surface area contributed by atoms with Crippen LogP contribution in [0, 0.1) is 5.95 Å². The van der Waals surface area contributed by atoms with Gasteiger partial charge in [0, 0.05) is 17.6 Å². The zero-order valence-corrected chi connectivity index (χ0v) is 7.05. The van der Waals surface area contributed by atoms with Crippen molar-refractivity contribution in [3.05, 3.63) is 42.0 Å². The average Bonchev–Trinajstić information content (AvgIpc) is 2.49. The molecular formula is C9H7ClFN. The van der Waals surface area contributed by atoms with Gasteiger partial charge >= 0.3 is 0 Å². The highest BCUT2D eigenvalue weighted by Crippen LogP contribution is 2.13. The first kappa shape index (κ1) is 7.62. The maximum Gasteiger partial charge on any atom is 0.198 e. The van der Waals surface area contributed by atoms with E-state index in [0.717, 1.165) is 11.1 Å². The molecule has 2 heterocycles. The van der Waals surface area contributed by atoms with E-state index in [4.69, 9.17) is 11.6 Å². The Morgan fingerprint density at radius 2 is 2.25 bits per heavy atom. The Morgan fingerprint density at radius 1 is 1.42 bits per heavy atom. The zero-order valence-electron chi connectivity index (χ0n) is 6.30. The molecule has 2 rings (SSSR count). The molecule has 0 atom stereocenters. The van der Waals surface area contributed by atoms with Gasteiger partial charge in [-0.05, 0) is 23.8 Å². The lowest BCUT2D eigenvalue weighted by Gasteiger charge is -1.93.